The molecular weight excluding hydrogens is 353 g/mol. The van der Waals surface area contributed by atoms with Crippen LogP contribution in [0.15, 0.2) is 48.7 Å². The van der Waals surface area contributed by atoms with Crippen LogP contribution in [0.3, 0.4) is 0 Å². The summed E-state index contributed by atoms with van der Waals surface area (Å²) in [7, 11) is 0. The number of rotatable bonds is 4. The van der Waals surface area contributed by atoms with Gasteiger partial charge in [-0.3, -0.25) is 4.90 Å². The Balaban J connectivity index is 1.65. The lowest BCUT2D eigenvalue weighted by atomic mass is 10.0. The Morgan fingerprint density at radius 1 is 1.04 bits per heavy atom. The first kappa shape index (κ1) is 18.0. The standard InChI is InChI=1S/C20H21F3N4/c21-20(22,23)19-25-17-10-6-11-24-18(17)27(19)14-16-9-4-5-12-26(16)13-15-7-2-1-3-8-15/h1-3,6-8,10-11,16H,4-5,9,12-14H2/t16-/m0/s1. The molecule has 3 aromatic rings. The minimum absolute atomic E-state index is 0.0273. The lowest BCUT2D eigenvalue weighted by Crippen LogP contribution is -2.42. The van der Waals surface area contributed by atoms with E-state index in [1.54, 1.807) is 12.1 Å². The molecule has 0 unspecified atom stereocenters. The lowest BCUT2D eigenvalue weighted by Gasteiger charge is -2.36. The highest BCUT2D eigenvalue weighted by Gasteiger charge is 2.39. The Morgan fingerprint density at radius 3 is 2.63 bits per heavy atom. The summed E-state index contributed by atoms with van der Waals surface area (Å²) in [6.07, 6.45) is -0.0186. The molecule has 0 saturated carbocycles. The Hall–Kier alpha value is -2.41. The first-order valence-corrected chi connectivity index (χ1v) is 9.19. The van der Waals surface area contributed by atoms with Gasteiger partial charge in [0.25, 0.3) is 0 Å². The molecule has 3 heterocycles. The van der Waals surface area contributed by atoms with Gasteiger partial charge >= 0.3 is 6.18 Å². The van der Waals surface area contributed by atoms with Crippen LogP contribution in [-0.4, -0.2) is 32.0 Å². The fourth-order valence-electron chi connectivity index (χ4n) is 3.85. The Bertz CT molecular complexity index is 904. The predicted molar refractivity (Wildman–Crippen MR) is 97.0 cm³/mol. The molecule has 27 heavy (non-hydrogen) atoms. The summed E-state index contributed by atoms with van der Waals surface area (Å²) in [4.78, 5) is 10.3. The van der Waals surface area contributed by atoms with Crippen LogP contribution in [0.4, 0.5) is 13.2 Å². The molecule has 0 N–H and O–H groups in total. The third kappa shape index (κ3) is 3.83. The number of piperidine rings is 1. The van der Waals surface area contributed by atoms with Crippen molar-refractivity contribution in [3.05, 3.63) is 60.0 Å². The van der Waals surface area contributed by atoms with Gasteiger partial charge in [0.05, 0.1) is 0 Å². The molecule has 1 saturated heterocycles. The molecular formula is C20H21F3N4. The van der Waals surface area contributed by atoms with E-state index in [4.69, 9.17) is 0 Å². The predicted octanol–water partition coefficient (Wildman–Crippen LogP) is 4.50. The molecule has 0 amide bonds. The quantitative estimate of drug-likeness (QED) is 0.674. The zero-order valence-electron chi connectivity index (χ0n) is 14.9. The zero-order chi connectivity index (χ0) is 18.9. The van der Waals surface area contributed by atoms with Crippen molar-refractivity contribution in [2.45, 2.75) is 44.6 Å². The molecule has 0 spiro atoms. The molecule has 4 nitrogen and oxygen atoms in total. The third-order valence-corrected chi connectivity index (χ3v) is 5.13. The SMILES string of the molecule is FC(F)(F)c1nc2cccnc2n1C[C@@H]1CCCCN1Cc1ccccc1. The number of benzene rings is 1. The number of alkyl halides is 3. The maximum absolute atomic E-state index is 13.6. The van der Waals surface area contributed by atoms with E-state index in [1.807, 2.05) is 18.2 Å². The molecule has 1 aliphatic rings. The van der Waals surface area contributed by atoms with E-state index in [-0.39, 0.29) is 18.1 Å². The molecule has 4 rings (SSSR count). The van der Waals surface area contributed by atoms with E-state index in [0.29, 0.717) is 5.65 Å². The van der Waals surface area contributed by atoms with Gasteiger partial charge in [0, 0.05) is 25.3 Å². The van der Waals surface area contributed by atoms with Crippen LogP contribution >= 0.6 is 0 Å². The van der Waals surface area contributed by atoms with Gasteiger partial charge in [-0.25, -0.2) is 9.97 Å². The molecule has 0 radical (unpaired) electrons. The highest BCUT2D eigenvalue weighted by atomic mass is 19.4. The van der Waals surface area contributed by atoms with Crippen molar-refractivity contribution in [1.82, 2.24) is 19.4 Å². The number of likely N-dealkylation sites (tertiary alicyclic amines) is 1. The van der Waals surface area contributed by atoms with Gasteiger partial charge in [-0.2, -0.15) is 13.2 Å². The number of hydrogen-bond donors (Lipinski definition) is 0. The maximum atomic E-state index is 13.6. The number of halogens is 3. The van der Waals surface area contributed by atoms with Crippen molar-refractivity contribution >= 4 is 11.2 Å². The highest BCUT2D eigenvalue weighted by Crippen LogP contribution is 2.32. The van der Waals surface area contributed by atoms with E-state index < -0.39 is 12.0 Å². The summed E-state index contributed by atoms with van der Waals surface area (Å²) in [6, 6.07) is 13.3. The molecule has 1 aromatic carbocycles. The highest BCUT2D eigenvalue weighted by molar-refractivity contribution is 5.71. The minimum Gasteiger partial charge on any atom is -0.303 e. The fraction of sp³-hybridized carbons (Fsp3) is 0.400. The van der Waals surface area contributed by atoms with Crippen LogP contribution in [0, 0.1) is 0 Å². The first-order valence-electron chi connectivity index (χ1n) is 9.19. The van der Waals surface area contributed by atoms with Crippen LogP contribution < -0.4 is 0 Å². The molecule has 0 bridgehead atoms. The second-order valence-electron chi connectivity index (χ2n) is 7.00. The normalized spacial score (nSPS) is 18.9. The van der Waals surface area contributed by atoms with E-state index in [2.05, 4.69) is 27.0 Å². The van der Waals surface area contributed by atoms with Crippen molar-refractivity contribution < 1.29 is 13.2 Å². The first-order chi connectivity index (χ1) is 13.0. The number of nitrogens with zero attached hydrogens (tertiary/aromatic N) is 4. The van der Waals surface area contributed by atoms with Gasteiger partial charge in [0.1, 0.15) is 5.52 Å². The smallest absolute Gasteiger partial charge is 0.303 e. The van der Waals surface area contributed by atoms with Crippen LogP contribution in [0.25, 0.3) is 11.2 Å². The number of pyridine rings is 1. The molecule has 1 fully saturated rings. The van der Waals surface area contributed by atoms with E-state index in [1.165, 1.54) is 16.3 Å². The van der Waals surface area contributed by atoms with Gasteiger partial charge in [0.2, 0.25) is 5.82 Å². The Labute approximate surface area is 155 Å². The molecule has 142 valence electrons. The Kier molecular flexibility index (Phi) is 4.86. The van der Waals surface area contributed by atoms with Crippen LogP contribution in [0.1, 0.15) is 30.7 Å². The number of hydrogen-bond acceptors (Lipinski definition) is 3. The molecule has 1 atom stereocenters. The van der Waals surface area contributed by atoms with Crippen molar-refractivity contribution in [3.8, 4) is 0 Å². The van der Waals surface area contributed by atoms with Gasteiger partial charge in [0.15, 0.2) is 5.65 Å². The van der Waals surface area contributed by atoms with Crippen molar-refractivity contribution in [3.63, 3.8) is 0 Å². The lowest BCUT2D eigenvalue weighted by molar-refractivity contribution is -0.147. The monoisotopic (exact) mass is 374 g/mol. The maximum Gasteiger partial charge on any atom is 0.449 e. The summed E-state index contributed by atoms with van der Waals surface area (Å²) >= 11 is 0. The van der Waals surface area contributed by atoms with E-state index in [9.17, 15) is 13.2 Å². The molecule has 1 aliphatic heterocycles. The van der Waals surface area contributed by atoms with E-state index >= 15 is 0 Å². The number of fused-ring (bicyclic) bond motifs is 1. The minimum atomic E-state index is -4.50. The zero-order valence-corrected chi connectivity index (χ0v) is 14.9. The van der Waals surface area contributed by atoms with Gasteiger partial charge in [-0.15, -0.1) is 0 Å². The second-order valence-corrected chi connectivity index (χ2v) is 7.00. The Morgan fingerprint density at radius 2 is 1.85 bits per heavy atom. The van der Waals surface area contributed by atoms with Gasteiger partial charge in [-0.1, -0.05) is 36.8 Å². The molecule has 0 aliphatic carbocycles. The fourth-order valence-corrected chi connectivity index (χ4v) is 3.85. The topological polar surface area (TPSA) is 34.0 Å². The summed E-state index contributed by atoms with van der Waals surface area (Å²) in [6.45, 7) is 1.88. The van der Waals surface area contributed by atoms with Crippen LogP contribution in [-0.2, 0) is 19.3 Å². The van der Waals surface area contributed by atoms with Crippen molar-refractivity contribution in [1.29, 1.82) is 0 Å². The number of imidazole rings is 1. The average Bonchev–Trinajstić information content (AvgIpc) is 3.03. The molecule has 2 aromatic heterocycles. The summed E-state index contributed by atoms with van der Waals surface area (Å²) < 4.78 is 41.9. The summed E-state index contributed by atoms with van der Waals surface area (Å²) in [5.74, 6) is -0.860. The van der Waals surface area contributed by atoms with E-state index in [0.717, 1.165) is 32.4 Å². The largest absolute Gasteiger partial charge is 0.449 e. The van der Waals surface area contributed by atoms with Crippen LogP contribution in [0.2, 0.25) is 0 Å². The molecule has 7 heteroatoms. The average molecular weight is 374 g/mol. The van der Waals surface area contributed by atoms with Gasteiger partial charge < -0.3 is 4.57 Å². The summed E-state index contributed by atoms with van der Waals surface area (Å²) in [5, 5.41) is 0. The van der Waals surface area contributed by atoms with Gasteiger partial charge in [-0.05, 0) is 37.1 Å². The number of aromatic nitrogens is 3. The van der Waals surface area contributed by atoms with Crippen LogP contribution in [0.5, 0.6) is 0 Å². The van der Waals surface area contributed by atoms with Crippen molar-refractivity contribution in [2.75, 3.05) is 6.54 Å². The third-order valence-electron chi connectivity index (χ3n) is 5.13. The van der Waals surface area contributed by atoms with Crippen molar-refractivity contribution in [2.24, 2.45) is 0 Å². The second kappa shape index (κ2) is 7.31. The summed E-state index contributed by atoms with van der Waals surface area (Å²) in [5.41, 5.74) is 1.76.